The molecule has 1 N–H and O–H groups in total. The molecule has 5 heteroatoms. The zero-order valence-electron chi connectivity index (χ0n) is 13.1. The molecule has 0 fully saturated rings. The third-order valence-electron chi connectivity index (χ3n) is 2.94. The number of benzene rings is 1. The van der Waals surface area contributed by atoms with E-state index in [0.717, 1.165) is 0 Å². The van der Waals surface area contributed by atoms with E-state index in [1.54, 1.807) is 35.2 Å². The van der Waals surface area contributed by atoms with Gasteiger partial charge in [0.05, 0.1) is 6.42 Å². The predicted molar refractivity (Wildman–Crippen MR) is 85.1 cm³/mol. The number of amides is 1. The van der Waals surface area contributed by atoms with E-state index in [4.69, 9.17) is 9.84 Å². The number of rotatable bonds is 9. The highest BCUT2D eigenvalue weighted by Crippen LogP contribution is 2.15. The lowest BCUT2D eigenvalue weighted by atomic mass is 10.1. The van der Waals surface area contributed by atoms with Gasteiger partial charge < -0.3 is 14.7 Å². The molecule has 0 aliphatic carbocycles. The number of ether oxygens (including phenoxy) is 1. The summed E-state index contributed by atoms with van der Waals surface area (Å²) in [6, 6.07) is 6.83. The maximum Gasteiger partial charge on any atom is 0.305 e. The van der Waals surface area contributed by atoms with E-state index in [9.17, 15) is 9.59 Å². The summed E-state index contributed by atoms with van der Waals surface area (Å²) in [5.74, 6) is -0.134. The van der Waals surface area contributed by atoms with Crippen LogP contribution in [-0.2, 0) is 4.79 Å². The molecule has 1 aromatic carbocycles. The number of hydrogen-bond acceptors (Lipinski definition) is 3. The van der Waals surface area contributed by atoms with Gasteiger partial charge in [-0.05, 0) is 30.2 Å². The van der Waals surface area contributed by atoms with Gasteiger partial charge in [-0.1, -0.05) is 26.5 Å². The quantitative estimate of drug-likeness (QED) is 0.712. The molecule has 1 aromatic rings. The second kappa shape index (κ2) is 8.87. The molecule has 1 amide bonds. The van der Waals surface area contributed by atoms with Crippen LogP contribution in [0.4, 0.5) is 0 Å². The van der Waals surface area contributed by atoms with Gasteiger partial charge in [0.25, 0.3) is 5.91 Å². The highest BCUT2D eigenvalue weighted by Gasteiger charge is 2.17. The molecule has 0 bridgehead atoms. The monoisotopic (exact) mass is 305 g/mol. The molecule has 5 nitrogen and oxygen atoms in total. The second-order valence-corrected chi connectivity index (χ2v) is 5.41. The van der Waals surface area contributed by atoms with Crippen LogP contribution in [0.1, 0.15) is 30.6 Å². The fraction of sp³-hybridized carbons (Fsp3) is 0.412. The third-order valence-corrected chi connectivity index (χ3v) is 2.94. The van der Waals surface area contributed by atoms with E-state index in [1.165, 1.54) is 0 Å². The van der Waals surface area contributed by atoms with Crippen LogP contribution in [0.3, 0.4) is 0 Å². The minimum Gasteiger partial charge on any atom is -0.490 e. The maximum atomic E-state index is 12.5. The van der Waals surface area contributed by atoms with Crippen LogP contribution < -0.4 is 4.74 Å². The lowest BCUT2D eigenvalue weighted by Crippen LogP contribution is -2.35. The third kappa shape index (κ3) is 5.99. The first kappa shape index (κ1) is 17.8. The Morgan fingerprint density at radius 2 is 1.95 bits per heavy atom. The van der Waals surface area contributed by atoms with Gasteiger partial charge in [0.2, 0.25) is 0 Å². The SMILES string of the molecule is C=CCOc1ccc(C(=O)N(CCC(=O)O)CC(C)C)cc1. The Bertz CT molecular complexity index is 508. The lowest BCUT2D eigenvalue weighted by Gasteiger charge is -2.24. The zero-order chi connectivity index (χ0) is 16.5. The highest BCUT2D eigenvalue weighted by atomic mass is 16.5. The molecule has 0 spiro atoms. The van der Waals surface area contributed by atoms with Gasteiger partial charge in [-0.2, -0.15) is 0 Å². The van der Waals surface area contributed by atoms with Crippen molar-refractivity contribution in [1.29, 1.82) is 0 Å². The van der Waals surface area contributed by atoms with Gasteiger partial charge in [0.1, 0.15) is 12.4 Å². The smallest absolute Gasteiger partial charge is 0.305 e. The summed E-state index contributed by atoms with van der Waals surface area (Å²) in [7, 11) is 0. The Hall–Kier alpha value is -2.30. The first-order valence-electron chi connectivity index (χ1n) is 7.29. The number of carboxylic acid groups (broad SMARTS) is 1. The number of carboxylic acids is 1. The molecule has 0 saturated heterocycles. The number of carbonyl (C=O) groups excluding carboxylic acids is 1. The van der Waals surface area contributed by atoms with Crippen molar-refractivity contribution in [3.63, 3.8) is 0 Å². The Labute approximate surface area is 131 Å². The lowest BCUT2D eigenvalue weighted by molar-refractivity contribution is -0.137. The normalized spacial score (nSPS) is 10.3. The Kier molecular flexibility index (Phi) is 7.16. The van der Waals surface area contributed by atoms with Crippen molar-refractivity contribution in [2.45, 2.75) is 20.3 Å². The standard InChI is InChI=1S/C17H23NO4/c1-4-11-22-15-7-5-14(6-8-15)17(21)18(12-13(2)3)10-9-16(19)20/h4-8,13H,1,9-12H2,2-3H3,(H,19,20). The summed E-state index contributed by atoms with van der Waals surface area (Å²) < 4.78 is 5.37. The molecule has 120 valence electrons. The largest absolute Gasteiger partial charge is 0.490 e. The number of nitrogens with zero attached hydrogens (tertiary/aromatic N) is 1. The van der Waals surface area contributed by atoms with E-state index in [1.807, 2.05) is 13.8 Å². The van der Waals surface area contributed by atoms with Crippen molar-refractivity contribution < 1.29 is 19.4 Å². The molecule has 0 aliphatic rings. The zero-order valence-corrected chi connectivity index (χ0v) is 13.1. The van der Waals surface area contributed by atoms with Crippen LogP contribution in [-0.4, -0.2) is 41.6 Å². The summed E-state index contributed by atoms with van der Waals surface area (Å²) in [6.45, 7) is 8.71. The van der Waals surface area contributed by atoms with E-state index >= 15 is 0 Å². The van der Waals surface area contributed by atoms with Gasteiger partial charge in [-0.3, -0.25) is 9.59 Å². The van der Waals surface area contributed by atoms with Crippen LogP contribution in [0.2, 0.25) is 0 Å². The van der Waals surface area contributed by atoms with Crippen molar-refractivity contribution >= 4 is 11.9 Å². The molecule has 0 aliphatic heterocycles. The van der Waals surface area contributed by atoms with Crippen LogP contribution in [0, 0.1) is 5.92 Å². The Balaban J connectivity index is 2.78. The molecule has 0 atom stereocenters. The minimum absolute atomic E-state index is 0.0566. The molecule has 0 aromatic heterocycles. The van der Waals surface area contributed by atoms with Crippen LogP contribution in [0.5, 0.6) is 5.75 Å². The van der Waals surface area contributed by atoms with Crippen molar-refractivity contribution in [2.24, 2.45) is 5.92 Å². The fourth-order valence-corrected chi connectivity index (χ4v) is 1.98. The second-order valence-electron chi connectivity index (χ2n) is 5.41. The Morgan fingerprint density at radius 1 is 1.32 bits per heavy atom. The predicted octanol–water partition coefficient (Wildman–Crippen LogP) is 2.82. The topological polar surface area (TPSA) is 66.8 Å². The van der Waals surface area contributed by atoms with Gasteiger partial charge in [-0.15, -0.1) is 0 Å². The summed E-state index contributed by atoms with van der Waals surface area (Å²) in [5, 5.41) is 8.81. The minimum atomic E-state index is -0.908. The maximum absolute atomic E-state index is 12.5. The van der Waals surface area contributed by atoms with Gasteiger partial charge in [0, 0.05) is 18.7 Å². The summed E-state index contributed by atoms with van der Waals surface area (Å²) >= 11 is 0. The van der Waals surface area contributed by atoms with E-state index in [-0.39, 0.29) is 24.8 Å². The van der Waals surface area contributed by atoms with Gasteiger partial charge >= 0.3 is 5.97 Å². The van der Waals surface area contributed by atoms with Crippen molar-refractivity contribution in [3.05, 3.63) is 42.5 Å². The number of hydrogen-bond donors (Lipinski definition) is 1. The first-order valence-corrected chi connectivity index (χ1v) is 7.29. The van der Waals surface area contributed by atoms with Crippen LogP contribution in [0.15, 0.2) is 36.9 Å². The average Bonchev–Trinajstić information content (AvgIpc) is 2.48. The summed E-state index contributed by atoms with van der Waals surface area (Å²) in [5.41, 5.74) is 0.525. The first-order chi connectivity index (χ1) is 10.4. The molecule has 22 heavy (non-hydrogen) atoms. The van der Waals surface area contributed by atoms with Crippen LogP contribution >= 0.6 is 0 Å². The molecular formula is C17H23NO4. The van der Waals surface area contributed by atoms with E-state index < -0.39 is 5.97 Å². The molecule has 0 saturated carbocycles. The Morgan fingerprint density at radius 3 is 2.45 bits per heavy atom. The average molecular weight is 305 g/mol. The molecule has 1 rings (SSSR count). The molecular weight excluding hydrogens is 282 g/mol. The van der Waals surface area contributed by atoms with Gasteiger partial charge in [0.15, 0.2) is 0 Å². The molecule has 0 unspecified atom stereocenters. The van der Waals surface area contributed by atoms with E-state index in [0.29, 0.717) is 24.5 Å². The molecule has 0 heterocycles. The fourth-order valence-electron chi connectivity index (χ4n) is 1.98. The summed E-state index contributed by atoms with van der Waals surface area (Å²) in [4.78, 5) is 24.8. The molecule has 0 radical (unpaired) electrons. The van der Waals surface area contributed by atoms with E-state index in [2.05, 4.69) is 6.58 Å². The highest BCUT2D eigenvalue weighted by molar-refractivity contribution is 5.94. The van der Waals surface area contributed by atoms with Crippen LogP contribution in [0.25, 0.3) is 0 Å². The summed E-state index contributed by atoms with van der Waals surface area (Å²) in [6.07, 6.45) is 1.59. The number of aliphatic carboxylic acids is 1. The van der Waals surface area contributed by atoms with Crippen molar-refractivity contribution in [3.8, 4) is 5.75 Å². The van der Waals surface area contributed by atoms with Crippen molar-refractivity contribution in [1.82, 2.24) is 4.90 Å². The van der Waals surface area contributed by atoms with Gasteiger partial charge in [-0.25, -0.2) is 0 Å². The number of carbonyl (C=O) groups is 2. The van der Waals surface area contributed by atoms with Crippen molar-refractivity contribution in [2.75, 3.05) is 19.7 Å².